The normalized spacial score (nSPS) is 12.0. The van der Waals surface area contributed by atoms with Crippen molar-refractivity contribution in [2.75, 3.05) is 5.73 Å². The average molecular weight is 586 g/mol. The maximum Gasteiger partial charge on any atom is 0.335 e. The first-order chi connectivity index (χ1) is 19.9. The minimum Gasteiger partial charge on any atom is -0.505 e. The molecule has 14 heteroatoms. The molecule has 0 fully saturated rings. The summed E-state index contributed by atoms with van der Waals surface area (Å²) in [5, 5.41) is 47.3. The molecule has 0 aliphatic rings. The molecular weight excluding hydrogens is 566 g/mol. The zero-order valence-corrected chi connectivity index (χ0v) is 22.0. The van der Waals surface area contributed by atoms with Crippen LogP contribution in [0.15, 0.2) is 104 Å². The number of nitrogens with two attached hydrogens (primary N) is 1. The number of nitrogen functional groups attached to an aromatic ring is 1. The summed E-state index contributed by atoms with van der Waals surface area (Å²) in [4.78, 5) is 22.2. The Hall–Kier alpha value is -5.73. The Labute approximate surface area is 236 Å². The lowest BCUT2D eigenvalue weighted by Gasteiger charge is -2.09. The number of anilines is 1. The number of carbonyl (C=O) groups is 2. The van der Waals surface area contributed by atoms with E-state index in [9.17, 15) is 37.9 Å². The van der Waals surface area contributed by atoms with Crippen molar-refractivity contribution in [2.45, 2.75) is 4.90 Å². The summed E-state index contributed by atoms with van der Waals surface area (Å²) >= 11 is 0. The first kappa shape index (κ1) is 27.8. The van der Waals surface area contributed by atoms with Crippen LogP contribution >= 0.6 is 0 Å². The fourth-order valence-corrected chi connectivity index (χ4v) is 4.88. The standard InChI is InChI=1S/C28H19N5O8S/c29-17-6-5-14-12-24(42(39,40)41)25(26(34)21(14)13-17)33-32-23-8-7-22(19-3-1-2-4-20(19)23)31-30-18-10-15(27(35)36)9-16(11-18)28(37)38/h1-13,34H,29H2,(H,35,36)(H,37,38)(H,39,40,41)/b31-30+,33-32+. The van der Waals surface area contributed by atoms with Crippen molar-refractivity contribution in [3.8, 4) is 5.75 Å². The van der Waals surface area contributed by atoms with Crippen LogP contribution in [-0.4, -0.2) is 40.2 Å². The topological polar surface area (TPSA) is 225 Å². The van der Waals surface area contributed by atoms with Gasteiger partial charge in [0.15, 0.2) is 5.75 Å². The van der Waals surface area contributed by atoms with Gasteiger partial charge in [-0.05, 0) is 53.9 Å². The number of aromatic carboxylic acids is 2. The summed E-state index contributed by atoms with van der Waals surface area (Å²) in [7, 11) is -4.81. The number of benzene rings is 5. The highest BCUT2D eigenvalue weighted by Crippen LogP contribution is 2.43. The number of carboxylic acids is 2. The molecule has 0 aromatic heterocycles. The van der Waals surface area contributed by atoms with Crippen molar-refractivity contribution in [2.24, 2.45) is 20.5 Å². The zero-order valence-electron chi connectivity index (χ0n) is 21.2. The van der Waals surface area contributed by atoms with Crippen LogP contribution in [0, 0.1) is 0 Å². The van der Waals surface area contributed by atoms with Gasteiger partial charge in [0, 0.05) is 21.8 Å². The lowest BCUT2D eigenvalue weighted by Crippen LogP contribution is -2.01. The minimum absolute atomic E-state index is 0.00491. The van der Waals surface area contributed by atoms with Crippen LogP contribution in [0.5, 0.6) is 5.75 Å². The lowest BCUT2D eigenvalue weighted by atomic mass is 10.1. The molecule has 0 aliphatic heterocycles. The Morgan fingerprint density at radius 2 is 1.26 bits per heavy atom. The molecule has 0 aliphatic carbocycles. The molecule has 42 heavy (non-hydrogen) atoms. The van der Waals surface area contributed by atoms with Crippen molar-refractivity contribution in [3.63, 3.8) is 0 Å². The maximum atomic E-state index is 12.1. The predicted octanol–water partition coefficient (Wildman–Crippen LogP) is 6.75. The van der Waals surface area contributed by atoms with Gasteiger partial charge >= 0.3 is 11.9 Å². The largest absolute Gasteiger partial charge is 0.505 e. The number of rotatable bonds is 7. The van der Waals surface area contributed by atoms with Crippen LogP contribution < -0.4 is 5.73 Å². The molecule has 5 aromatic carbocycles. The van der Waals surface area contributed by atoms with Crippen LogP contribution in [0.4, 0.5) is 28.4 Å². The van der Waals surface area contributed by atoms with Crippen molar-refractivity contribution < 1.29 is 37.9 Å². The van der Waals surface area contributed by atoms with Gasteiger partial charge in [-0.1, -0.05) is 30.3 Å². The van der Waals surface area contributed by atoms with E-state index in [1.807, 2.05) is 0 Å². The van der Waals surface area contributed by atoms with Gasteiger partial charge in [-0.3, -0.25) is 4.55 Å². The fraction of sp³-hybridized carbons (Fsp3) is 0. The third kappa shape index (κ3) is 5.47. The van der Waals surface area contributed by atoms with Gasteiger partial charge in [-0.15, -0.1) is 15.3 Å². The summed E-state index contributed by atoms with van der Waals surface area (Å²) in [6.45, 7) is 0. The summed E-state index contributed by atoms with van der Waals surface area (Å²) in [6.07, 6.45) is 0. The predicted molar refractivity (Wildman–Crippen MR) is 153 cm³/mol. The Kier molecular flexibility index (Phi) is 7.08. The molecule has 5 rings (SSSR count). The number of nitrogens with zero attached hydrogens (tertiary/aromatic N) is 4. The quantitative estimate of drug-likeness (QED) is 0.0771. The van der Waals surface area contributed by atoms with E-state index in [0.29, 0.717) is 27.5 Å². The van der Waals surface area contributed by atoms with Gasteiger partial charge in [0.2, 0.25) is 0 Å². The van der Waals surface area contributed by atoms with E-state index < -0.39 is 38.4 Å². The van der Waals surface area contributed by atoms with Crippen LogP contribution in [0.2, 0.25) is 0 Å². The van der Waals surface area contributed by atoms with Crippen molar-refractivity contribution in [1.82, 2.24) is 0 Å². The monoisotopic (exact) mass is 585 g/mol. The molecule has 5 aromatic rings. The Bertz CT molecular complexity index is 2080. The second-order valence-corrected chi connectivity index (χ2v) is 10.3. The van der Waals surface area contributed by atoms with Crippen LogP contribution in [0.1, 0.15) is 20.7 Å². The molecule has 13 nitrogen and oxygen atoms in total. The van der Waals surface area contributed by atoms with Gasteiger partial charge < -0.3 is 21.1 Å². The van der Waals surface area contributed by atoms with Gasteiger partial charge in [-0.2, -0.15) is 13.5 Å². The molecule has 210 valence electrons. The van der Waals surface area contributed by atoms with Gasteiger partial charge in [0.05, 0.1) is 28.2 Å². The van der Waals surface area contributed by atoms with Crippen molar-refractivity contribution in [3.05, 3.63) is 90.0 Å². The first-order valence-corrected chi connectivity index (χ1v) is 13.4. The van der Waals surface area contributed by atoms with E-state index in [-0.39, 0.29) is 27.9 Å². The molecule has 0 heterocycles. The third-order valence-corrected chi connectivity index (χ3v) is 7.04. The summed E-state index contributed by atoms with van der Waals surface area (Å²) in [6, 6.07) is 18.8. The summed E-state index contributed by atoms with van der Waals surface area (Å²) in [5.74, 6) is -3.20. The second-order valence-electron chi connectivity index (χ2n) is 8.96. The molecule has 0 spiro atoms. The molecule has 0 amide bonds. The summed E-state index contributed by atoms with van der Waals surface area (Å²) in [5.41, 5.74) is 5.67. The van der Waals surface area contributed by atoms with E-state index in [4.69, 9.17) is 5.73 Å². The number of phenolic OH excluding ortho intramolecular Hbond substituents is 1. The summed E-state index contributed by atoms with van der Waals surface area (Å²) < 4.78 is 34.0. The Balaban J connectivity index is 1.59. The number of azo groups is 2. The molecule has 0 unspecified atom stereocenters. The molecular formula is C28H19N5O8S. The molecule has 0 saturated heterocycles. The third-order valence-electron chi connectivity index (χ3n) is 6.18. The van der Waals surface area contributed by atoms with Crippen LogP contribution in [-0.2, 0) is 10.1 Å². The number of fused-ring (bicyclic) bond motifs is 2. The van der Waals surface area contributed by atoms with E-state index in [1.54, 1.807) is 24.3 Å². The molecule has 0 bridgehead atoms. The van der Waals surface area contributed by atoms with Gasteiger partial charge in [0.1, 0.15) is 10.6 Å². The smallest absolute Gasteiger partial charge is 0.335 e. The van der Waals surface area contributed by atoms with Crippen molar-refractivity contribution >= 4 is 72.0 Å². The van der Waals surface area contributed by atoms with Crippen LogP contribution in [0.25, 0.3) is 21.5 Å². The Morgan fingerprint density at radius 3 is 1.81 bits per heavy atom. The molecule has 0 saturated carbocycles. The maximum absolute atomic E-state index is 12.1. The van der Waals surface area contributed by atoms with Crippen LogP contribution in [0.3, 0.4) is 0 Å². The highest BCUT2D eigenvalue weighted by atomic mass is 32.2. The number of aromatic hydroxyl groups is 1. The number of phenols is 1. The molecule has 6 N–H and O–H groups in total. The van der Waals surface area contributed by atoms with E-state index in [1.165, 1.54) is 42.5 Å². The SMILES string of the molecule is Nc1ccc2cc(S(=O)(=O)O)c(/N=N/c3ccc(/N=N/c4cc(C(=O)O)cc(C(=O)O)c4)c4ccccc34)c(O)c2c1. The molecule has 0 atom stereocenters. The highest BCUT2D eigenvalue weighted by molar-refractivity contribution is 7.86. The zero-order chi connectivity index (χ0) is 30.2. The number of hydrogen-bond donors (Lipinski definition) is 5. The minimum atomic E-state index is -4.81. The van der Waals surface area contributed by atoms with Crippen molar-refractivity contribution in [1.29, 1.82) is 0 Å². The average Bonchev–Trinajstić information content (AvgIpc) is 2.95. The van der Waals surface area contributed by atoms with E-state index >= 15 is 0 Å². The van der Waals surface area contributed by atoms with Gasteiger partial charge in [0.25, 0.3) is 10.1 Å². The molecule has 0 radical (unpaired) electrons. The second kappa shape index (κ2) is 10.7. The first-order valence-electron chi connectivity index (χ1n) is 11.9. The number of carboxylic acid groups (broad SMARTS) is 2. The lowest BCUT2D eigenvalue weighted by molar-refractivity contribution is 0.0696. The highest BCUT2D eigenvalue weighted by Gasteiger charge is 2.22. The van der Waals surface area contributed by atoms with E-state index in [2.05, 4.69) is 20.5 Å². The Morgan fingerprint density at radius 1 is 0.690 bits per heavy atom. The fourth-order valence-electron chi connectivity index (χ4n) is 4.22. The number of hydrogen-bond acceptors (Lipinski definition) is 10. The van der Waals surface area contributed by atoms with Gasteiger partial charge in [-0.25, -0.2) is 9.59 Å². The van der Waals surface area contributed by atoms with E-state index in [0.717, 1.165) is 12.1 Å².